The van der Waals surface area contributed by atoms with E-state index in [-0.39, 0.29) is 11.7 Å². The van der Waals surface area contributed by atoms with Crippen LogP contribution in [0.4, 0.5) is 8.78 Å². The fourth-order valence-corrected chi connectivity index (χ4v) is 1.97. The maximum atomic E-state index is 12.9. The average Bonchev–Trinajstić information content (AvgIpc) is 2.94. The van der Waals surface area contributed by atoms with E-state index in [1.54, 1.807) is 0 Å². The van der Waals surface area contributed by atoms with Crippen LogP contribution in [-0.2, 0) is 14.3 Å². The summed E-state index contributed by atoms with van der Waals surface area (Å²) in [6.45, 7) is 0.523. The highest BCUT2D eigenvalue weighted by atomic mass is 19.1. The van der Waals surface area contributed by atoms with E-state index in [0.29, 0.717) is 19.2 Å². The average molecular weight is 299 g/mol. The summed E-state index contributed by atoms with van der Waals surface area (Å²) < 4.78 is 35.9. The number of hydrogen-bond acceptors (Lipinski definition) is 4. The number of hydrogen-bond donors (Lipinski definition) is 1. The van der Waals surface area contributed by atoms with Gasteiger partial charge in [-0.3, -0.25) is 4.79 Å². The first-order valence-corrected chi connectivity index (χ1v) is 6.56. The molecule has 1 saturated heterocycles. The zero-order valence-corrected chi connectivity index (χ0v) is 11.2. The van der Waals surface area contributed by atoms with Crippen LogP contribution in [0.15, 0.2) is 18.2 Å². The molecule has 5 nitrogen and oxygen atoms in total. The van der Waals surface area contributed by atoms with Crippen LogP contribution in [-0.4, -0.2) is 37.7 Å². The molecule has 0 bridgehead atoms. The Hall–Kier alpha value is -2.02. The van der Waals surface area contributed by atoms with E-state index < -0.39 is 30.1 Å². The molecular formula is C14H15F2NO4. The fraction of sp³-hybridized carbons (Fsp3) is 0.429. The molecule has 1 aromatic rings. The summed E-state index contributed by atoms with van der Waals surface area (Å²) in [5.74, 6) is -3.22. The van der Waals surface area contributed by atoms with Crippen LogP contribution in [0.2, 0.25) is 0 Å². The molecule has 7 heteroatoms. The van der Waals surface area contributed by atoms with E-state index in [1.807, 2.05) is 0 Å². The van der Waals surface area contributed by atoms with Crippen molar-refractivity contribution in [3.05, 3.63) is 35.4 Å². The van der Waals surface area contributed by atoms with Crippen molar-refractivity contribution in [2.45, 2.75) is 18.9 Å². The monoisotopic (exact) mass is 299 g/mol. The lowest BCUT2D eigenvalue weighted by molar-refractivity contribution is -0.124. The van der Waals surface area contributed by atoms with Crippen molar-refractivity contribution in [3.8, 4) is 0 Å². The van der Waals surface area contributed by atoms with Crippen molar-refractivity contribution in [2.75, 3.05) is 19.8 Å². The number of carbonyl (C=O) groups excluding carboxylic acids is 2. The molecule has 0 radical (unpaired) electrons. The molecule has 1 atom stereocenters. The van der Waals surface area contributed by atoms with Crippen LogP contribution in [0.3, 0.4) is 0 Å². The van der Waals surface area contributed by atoms with Gasteiger partial charge >= 0.3 is 5.97 Å². The lowest BCUT2D eigenvalue weighted by atomic mass is 10.2. The lowest BCUT2D eigenvalue weighted by Crippen LogP contribution is -2.34. The number of carbonyl (C=O) groups is 2. The zero-order chi connectivity index (χ0) is 15.2. The Kier molecular flexibility index (Phi) is 5.21. The Morgan fingerprint density at radius 2 is 2.00 bits per heavy atom. The van der Waals surface area contributed by atoms with Crippen LogP contribution in [0, 0.1) is 11.6 Å². The van der Waals surface area contributed by atoms with Crippen molar-refractivity contribution < 1.29 is 27.8 Å². The molecule has 114 valence electrons. The highest BCUT2D eigenvalue weighted by molar-refractivity contribution is 5.91. The molecule has 2 rings (SSSR count). The highest BCUT2D eigenvalue weighted by Crippen LogP contribution is 2.11. The third-order valence-electron chi connectivity index (χ3n) is 2.98. The normalized spacial score (nSPS) is 17.5. The molecule has 1 aliphatic heterocycles. The van der Waals surface area contributed by atoms with E-state index in [1.165, 1.54) is 0 Å². The van der Waals surface area contributed by atoms with Crippen molar-refractivity contribution >= 4 is 11.9 Å². The molecule has 1 N–H and O–H groups in total. The van der Waals surface area contributed by atoms with Crippen LogP contribution in [0.5, 0.6) is 0 Å². The quantitative estimate of drug-likeness (QED) is 0.835. The molecule has 0 saturated carbocycles. The van der Waals surface area contributed by atoms with E-state index in [9.17, 15) is 18.4 Å². The minimum Gasteiger partial charge on any atom is -0.452 e. The Morgan fingerprint density at radius 3 is 2.62 bits per heavy atom. The first-order chi connectivity index (χ1) is 10.0. The third kappa shape index (κ3) is 4.78. The second-order valence-corrected chi connectivity index (χ2v) is 4.67. The minimum atomic E-state index is -0.958. The smallest absolute Gasteiger partial charge is 0.338 e. The Balaban J connectivity index is 1.76. The number of ether oxygens (including phenoxy) is 2. The Labute approximate surface area is 120 Å². The molecular weight excluding hydrogens is 284 g/mol. The molecule has 0 aliphatic carbocycles. The van der Waals surface area contributed by atoms with E-state index in [0.717, 1.165) is 25.0 Å². The van der Waals surface area contributed by atoms with Crippen LogP contribution >= 0.6 is 0 Å². The maximum absolute atomic E-state index is 12.9. The number of rotatable bonds is 5. The molecule has 1 fully saturated rings. The molecule has 1 heterocycles. The van der Waals surface area contributed by atoms with Gasteiger partial charge in [0.1, 0.15) is 11.6 Å². The molecule has 1 amide bonds. The second-order valence-electron chi connectivity index (χ2n) is 4.67. The van der Waals surface area contributed by atoms with Gasteiger partial charge in [0.15, 0.2) is 6.61 Å². The minimum absolute atomic E-state index is 0.0121. The van der Waals surface area contributed by atoms with Gasteiger partial charge in [0.05, 0.1) is 11.7 Å². The third-order valence-corrected chi connectivity index (χ3v) is 2.98. The summed E-state index contributed by atoms with van der Waals surface area (Å²) in [7, 11) is 0. The lowest BCUT2D eigenvalue weighted by Gasteiger charge is -2.11. The van der Waals surface area contributed by atoms with Gasteiger partial charge in [0.25, 0.3) is 5.91 Å². The van der Waals surface area contributed by atoms with Gasteiger partial charge in [-0.05, 0) is 25.0 Å². The first-order valence-electron chi connectivity index (χ1n) is 6.56. The van der Waals surface area contributed by atoms with Crippen molar-refractivity contribution in [2.24, 2.45) is 0 Å². The van der Waals surface area contributed by atoms with Gasteiger partial charge in [-0.2, -0.15) is 0 Å². The van der Waals surface area contributed by atoms with Gasteiger partial charge in [0.2, 0.25) is 0 Å². The summed E-state index contributed by atoms with van der Waals surface area (Å²) in [4.78, 5) is 23.0. The van der Waals surface area contributed by atoms with Gasteiger partial charge in [-0.1, -0.05) is 0 Å². The number of nitrogens with one attached hydrogen (secondary N) is 1. The maximum Gasteiger partial charge on any atom is 0.338 e. The Bertz CT molecular complexity index is 509. The second kappa shape index (κ2) is 7.12. The van der Waals surface area contributed by atoms with Crippen molar-refractivity contribution in [1.29, 1.82) is 0 Å². The summed E-state index contributed by atoms with van der Waals surface area (Å²) in [5.41, 5.74) is -0.278. The summed E-state index contributed by atoms with van der Waals surface area (Å²) in [5, 5.41) is 2.56. The highest BCUT2D eigenvalue weighted by Gasteiger charge is 2.17. The molecule has 0 unspecified atom stereocenters. The molecule has 0 spiro atoms. The standard InChI is InChI=1S/C14H15F2NO4/c15-10-4-9(5-11(16)6-10)14(19)21-8-13(18)17-7-12-2-1-3-20-12/h4-6,12H,1-3,7-8H2,(H,17,18)/t12-/m1/s1. The number of benzene rings is 1. The number of halogens is 2. The zero-order valence-electron chi connectivity index (χ0n) is 11.2. The van der Waals surface area contributed by atoms with Gasteiger partial charge in [-0.25, -0.2) is 13.6 Å². The topological polar surface area (TPSA) is 64.6 Å². The van der Waals surface area contributed by atoms with Gasteiger partial charge in [0, 0.05) is 19.2 Å². The molecule has 1 aromatic carbocycles. The summed E-state index contributed by atoms with van der Waals surface area (Å²) in [6, 6.07) is 2.33. The van der Waals surface area contributed by atoms with Crippen LogP contribution in [0.1, 0.15) is 23.2 Å². The van der Waals surface area contributed by atoms with Gasteiger partial charge < -0.3 is 14.8 Å². The molecule has 21 heavy (non-hydrogen) atoms. The SMILES string of the molecule is O=C(COC(=O)c1cc(F)cc(F)c1)NC[C@H]1CCCO1. The van der Waals surface area contributed by atoms with Crippen molar-refractivity contribution in [3.63, 3.8) is 0 Å². The molecule has 0 aromatic heterocycles. The van der Waals surface area contributed by atoms with E-state index in [4.69, 9.17) is 4.74 Å². The van der Waals surface area contributed by atoms with Crippen molar-refractivity contribution in [1.82, 2.24) is 5.32 Å². The summed E-state index contributed by atoms with van der Waals surface area (Å²) in [6.07, 6.45) is 1.82. The van der Waals surface area contributed by atoms with Gasteiger partial charge in [-0.15, -0.1) is 0 Å². The largest absolute Gasteiger partial charge is 0.452 e. The molecule has 1 aliphatic rings. The first kappa shape index (κ1) is 15.4. The predicted molar refractivity (Wildman–Crippen MR) is 68.6 cm³/mol. The van der Waals surface area contributed by atoms with Crippen LogP contribution < -0.4 is 5.32 Å². The fourth-order valence-electron chi connectivity index (χ4n) is 1.97. The van der Waals surface area contributed by atoms with E-state index >= 15 is 0 Å². The Morgan fingerprint density at radius 1 is 1.29 bits per heavy atom. The number of amides is 1. The summed E-state index contributed by atoms with van der Waals surface area (Å²) >= 11 is 0. The van der Waals surface area contributed by atoms with E-state index in [2.05, 4.69) is 10.1 Å². The van der Waals surface area contributed by atoms with Crippen LogP contribution in [0.25, 0.3) is 0 Å². The number of esters is 1. The predicted octanol–water partition coefficient (Wildman–Crippen LogP) is 1.42.